The third-order valence-electron chi connectivity index (χ3n) is 5.21. The van der Waals surface area contributed by atoms with Crippen LogP contribution in [0.2, 0.25) is 5.02 Å². The molecule has 1 aliphatic rings. The average Bonchev–Trinajstić information content (AvgIpc) is 2.64. The molecule has 6 heteroatoms. The second-order valence-corrected chi connectivity index (χ2v) is 7.46. The fourth-order valence-electron chi connectivity index (χ4n) is 3.71. The molecule has 3 aromatic rings. The lowest BCUT2D eigenvalue weighted by molar-refractivity contribution is -0.914. The van der Waals surface area contributed by atoms with Crippen molar-refractivity contribution >= 4 is 28.3 Å². The Morgan fingerprint density at radius 2 is 1.93 bits per heavy atom. The molecular weight excluding hydrogens is 367 g/mol. The molecule has 0 spiro atoms. The van der Waals surface area contributed by atoms with Crippen molar-refractivity contribution in [3.8, 4) is 0 Å². The normalized spacial score (nSPS) is 15.4. The number of benzene rings is 2. The fraction of sp³-hybridized carbons (Fsp3) is 0.286. The van der Waals surface area contributed by atoms with Gasteiger partial charge in [-0.2, -0.15) is 0 Å². The zero-order valence-corrected chi connectivity index (χ0v) is 15.9. The number of nitrogens with one attached hydrogen (secondary N) is 1. The summed E-state index contributed by atoms with van der Waals surface area (Å²) in [5, 5.41) is 1.55. The minimum absolute atomic E-state index is 0.183. The first-order valence-electron chi connectivity index (χ1n) is 9.07. The summed E-state index contributed by atoms with van der Waals surface area (Å²) in [5.41, 5.74) is 2.71. The van der Waals surface area contributed by atoms with E-state index in [-0.39, 0.29) is 11.4 Å². The second kappa shape index (κ2) is 7.33. The number of nitrogens with zero attached hydrogens (tertiary/aromatic N) is 1. The molecule has 4 rings (SSSR count). The number of hydrogen-bond acceptors (Lipinski definition) is 3. The summed E-state index contributed by atoms with van der Waals surface area (Å²) in [4.78, 5) is 15.4. The highest BCUT2D eigenvalue weighted by Crippen LogP contribution is 2.25. The molecule has 1 fully saturated rings. The summed E-state index contributed by atoms with van der Waals surface area (Å²) in [5.74, 6) is -0.183. The Morgan fingerprint density at radius 1 is 1.19 bits per heavy atom. The van der Waals surface area contributed by atoms with Gasteiger partial charge in [0.05, 0.1) is 31.9 Å². The van der Waals surface area contributed by atoms with E-state index in [1.54, 1.807) is 12.1 Å². The van der Waals surface area contributed by atoms with Gasteiger partial charge in [0.1, 0.15) is 17.9 Å². The minimum atomic E-state index is -0.344. The number of rotatable bonds is 3. The lowest BCUT2D eigenvalue weighted by Gasteiger charge is -2.33. The van der Waals surface area contributed by atoms with Crippen molar-refractivity contribution in [3.05, 3.63) is 74.9 Å². The van der Waals surface area contributed by atoms with E-state index in [9.17, 15) is 9.18 Å². The molecular formula is C21H21ClFN2O2+. The zero-order valence-electron chi connectivity index (χ0n) is 15.1. The van der Waals surface area contributed by atoms with E-state index in [1.165, 1.54) is 11.0 Å². The monoisotopic (exact) mass is 387 g/mol. The van der Waals surface area contributed by atoms with Crippen molar-refractivity contribution < 1.29 is 13.7 Å². The molecule has 0 amide bonds. The van der Waals surface area contributed by atoms with E-state index < -0.39 is 0 Å². The van der Waals surface area contributed by atoms with E-state index in [4.69, 9.17) is 16.0 Å². The topological polar surface area (TPSA) is 37.9 Å². The third-order valence-corrected chi connectivity index (χ3v) is 5.62. The quantitative estimate of drug-likeness (QED) is 0.702. The van der Waals surface area contributed by atoms with E-state index in [0.29, 0.717) is 22.8 Å². The Bertz CT molecular complexity index is 1040. The summed E-state index contributed by atoms with van der Waals surface area (Å²) in [7, 11) is 0. The van der Waals surface area contributed by atoms with E-state index in [0.717, 1.165) is 42.7 Å². The van der Waals surface area contributed by atoms with Crippen LogP contribution in [-0.4, -0.2) is 26.2 Å². The first-order chi connectivity index (χ1) is 13.0. The molecule has 27 heavy (non-hydrogen) atoms. The molecule has 0 radical (unpaired) electrons. The van der Waals surface area contributed by atoms with Crippen LogP contribution in [0, 0.1) is 12.7 Å². The number of aryl methyl sites for hydroxylation is 1. The van der Waals surface area contributed by atoms with Crippen LogP contribution in [0.25, 0.3) is 11.0 Å². The number of anilines is 1. The number of hydrogen-bond donors (Lipinski definition) is 1. The molecule has 2 aromatic carbocycles. The van der Waals surface area contributed by atoms with Gasteiger partial charge in [-0.15, -0.1) is 0 Å². The van der Waals surface area contributed by atoms with Crippen LogP contribution < -0.4 is 15.4 Å². The van der Waals surface area contributed by atoms with Crippen molar-refractivity contribution in [2.75, 3.05) is 31.1 Å². The van der Waals surface area contributed by atoms with Crippen molar-refractivity contribution in [2.45, 2.75) is 13.5 Å². The largest absolute Gasteiger partial charge is 0.423 e. The van der Waals surface area contributed by atoms with Crippen LogP contribution >= 0.6 is 11.6 Å². The van der Waals surface area contributed by atoms with Gasteiger partial charge in [-0.25, -0.2) is 9.18 Å². The van der Waals surface area contributed by atoms with Gasteiger partial charge in [0.25, 0.3) is 0 Å². The Labute approximate surface area is 161 Å². The fourth-order valence-corrected chi connectivity index (χ4v) is 3.88. The van der Waals surface area contributed by atoms with Crippen molar-refractivity contribution in [1.82, 2.24) is 0 Å². The van der Waals surface area contributed by atoms with Crippen LogP contribution in [0.15, 0.2) is 51.7 Å². The highest BCUT2D eigenvalue weighted by Gasteiger charge is 2.23. The van der Waals surface area contributed by atoms with Crippen LogP contribution in [-0.2, 0) is 6.54 Å². The molecule has 1 aromatic heterocycles. The zero-order chi connectivity index (χ0) is 19.0. The van der Waals surface area contributed by atoms with Gasteiger partial charge < -0.3 is 14.2 Å². The molecule has 0 aliphatic carbocycles. The van der Waals surface area contributed by atoms with Crippen molar-refractivity contribution in [1.29, 1.82) is 0 Å². The molecule has 2 heterocycles. The summed E-state index contributed by atoms with van der Waals surface area (Å²) < 4.78 is 19.3. The Morgan fingerprint density at radius 3 is 2.67 bits per heavy atom. The summed E-state index contributed by atoms with van der Waals surface area (Å²) >= 11 is 6.28. The predicted octanol–water partition coefficient (Wildman–Crippen LogP) is 2.80. The van der Waals surface area contributed by atoms with Crippen LogP contribution in [0.5, 0.6) is 0 Å². The maximum Gasteiger partial charge on any atom is 0.336 e. The van der Waals surface area contributed by atoms with Crippen LogP contribution in [0.3, 0.4) is 0 Å². The van der Waals surface area contributed by atoms with E-state index >= 15 is 0 Å². The van der Waals surface area contributed by atoms with Gasteiger partial charge in [-0.3, -0.25) is 0 Å². The van der Waals surface area contributed by atoms with Crippen LogP contribution in [0.1, 0.15) is 11.1 Å². The SMILES string of the molecule is Cc1cc2oc(=O)cc(C[NH+]3CCN(c4ccccc4F)CC3)c2cc1Cl. The first kappa shape index (κ1) is 18.0. The number of para-hydroxylation sites is 1. The van der Waals surface area contributed by atoms with Crippen molar-refractivity contribution in [2.24, 2.45) is 0 Å². The second-order valence-electron chi connectivity index (χ2n) is 7.05. The van der Waals surface area contributed by atoms with Gasteiger partial charge in [0, 0.05) is 22.0 Å². The summed E-state index contributed by atoms with van der Waals surface area (Å²) in [6, 6.07) is 12.1. The molecule has 140 valence electrons. The smallest absolute Gasteiger partial charge is 0.336 e. The maximum atomic E-state index is 14.0. The lowest BCUT2D eigenvalue weighted by atomic mass is 10.1. The highest BCUT2D eigenvalue weighted by molar-refractivity contribution is 6.32. The van der Waals surface area contributed by atoms with E-state index in [2.05, 4.69) is 4.90 Å². The molecule has 1 aliphatic heterocycles. The molecule has 4 nitrogen and oxygen atoms in total. The molecule has 1 N–H and O–H groups in total. The standard InChI is InChI=1S/C21H20ClFN2O2/c1-14-10-20-16(12-17(14)22)15(11-21(26)27-20)13-24-6-8-25(9-7-24)19-5-3-2-4-18(19)23/h2-5,10-12H,6-9,13H2,1H3/p+1. The maximum absolute atomic E-state index is 14.0. The predicted molar refractivity (Wildman–Crippen MR) is 105 cm³/mol. The number of quaternary nitrogens is 1. The number of piperazine rings is 1. The molecule has 0 atom stereocenters. The average molecular weight is 388 g/mol. The minimum Gasteiger partial charge on any atom is -0.423 e. The molecule has 0 unspecified atom stereocenters. The Kier molecular flexibility index (Phi) is 4.89. The third kappa shape index (κ3) is 3.70. The van der Waals surface area contributed by atoms with Gasteiger partial charge >= 0.3 is 5.63 Å². The molecule has 1 saturated heterocycles. The van der Waals surface area contributed by atoms with Gasteiger partial charge in [0.15, 0.2) is 0 Å². The molecule has 0 bridgehead atoms. The highest BCUT2D eigenvalue weighted by atomic mass is 35.5. The number of halogens is 2. The first-order valence-corrected chi connectivity index (χ1v) is 9.45. The van der Waals surface area contributed by atoms with Gasteiger partial charge in [-0.05, 0) is 36.8 Å². The van der Waals surface area contributed by atoms with E-state index in [1.807, 2.05) is 31.2 Å². The number of fused-ring (bicyclic) bond motifs is 1. The molecule has 0 saturated carbocycles. The summed E-state index contributed by atoms with van der Waals surface area (Å²) in [6.07, 6.45) is 0. The van der Waals surface area contributed by atoms with Crippen LogP contribution in [0.4, 0.5) is 10.1 Å². The Balaban J connectivity index is 1.53. The summed E-state index contributed by atoms with van der Waals surface area (Å²) in [6.45, 7) is 5.89. The Hall–Kier alpha value is -2.37. The van der Waals surface area contributed by atoms with Gasteiger partial charge in [-0.1, -0.05) is 23.7 Å². The van der Waals surface area contributed by atoms with Gasteiger partial charge in [0.2, 0.25) is 0 Å². The lowest BCUT2D eigenvalue weighted by Crippen LogP contribution is -3.13. The van der Waals surface area contributed by atoms with Crippen molar-refractivity contribution in [3.63, 3.8) is 0 Å².